The lowest BCUT2D eigenvalue weighted by molar-refractivity contribution is 0.965. The van der Waals surface area contributed by atoms with Crippen LogP contribution in [-0.4, -0.2) is 20.2 Å². The summed E-state index contributed by atoms with van der Waals surface area (Å²) in [6.45, 7) is 0.612. The Labute approximate surface area is 186 Å². The molecule has 5 rings (SSSR count). The maximum atomic E-state index is 4.77. The minimum Gasteiger partial charge on any atom is -0.364 e. The van der Waals surface area contributed by atoms with Gasteiger partial charge in [-0.3, -0.25) is 4.98 Å². The maximum absolute atomic E-state index is 4.77. The third-order valence-corrected chi connectivity index (χ3v) is 5.12. The number of nitrogens with one attached hydrogen (secondary N) is 1. The summed E-state index contributed by atoms with van der Waals surface area (Å²) in [6, 6.07) is 34.5. The van der Waals surface area contributed by atoms with Crippen LogP contribution in [0.2, 0.25) is 0 Å². The SMILES string of the molecule is c1ccc(-c2cccc(CNc3nc(-c4ccccn4)nnc3-c3ccccc3)c2)cc1. The number of hydrogen-bond acceptors (Lipinski definition) is 5. The summed E-state index contributed by atoms with van der Waals surface area (Å²) in [7, 11) is 0. The van der Waals surface area contributed by atoms with E-state index >= 15 is 0 Å². The Morgan fingerprint density at radius 1 is 0.625 bits per heavy atom. The molecule has 0 atom stereocenters. The molecule has 2 heterocycles. The first-order valence-electron chi connectivity index (χ1n) is 10.5. The van der Waals surface area contributed by atoms with Crippen LogP contribution in [0.4, 0.5) is 5.82 Å². The van der Waals surface area contributed by atoms with E-state index in [1.165, 1.54) is 11.1 Å². The number of nitrogens with zero attached hydrogens (tertiary/aromatic N) is 4. The first-order chi connectivity index (χ1) is 15.9. The Morgan fingerprint density at radius 2 is 1.34 bits per heavy atom. The minimum atomic E-state index is 0.491. The summed E-state index contributed by atoms with van der Waals surface area (Å²) in [5, 5.41) is 12.3. The van der Waals surface area contributed by atoms with E-state index in [0.717, 1.165) is 11.1 Å². The molecule has 0 fully saturated rings. The second kappa shape index (κ2) is 9.18. The largest absolute Gasteiger partial charge is 0.364 e. The molecule has 1 N–H and O–H groups in total. The van der Waals surface area contributed by atoms with Crippen LogP contribution in [-0.2, 0) is 6.54 Å². The van der Waals surface area contributed by atoms with E-state index in [9.17, 15) is 0 Å². The van der Waals surface area contributed by atoms with Gasteiger partial charge in [0.25, 0.3) is 0 Å². The van der Waals surface area contributed by atoms with Crippen molar-refractivity contribution in [2.24, 2.45) is 0 Å². The molecule has 0 amide bonds. The third-order valence-electron chi connectivity index (χ3n) is 5.12. The van der Waals surface area contributed by atoms with Crippen LogP contribution in [0.25, 0.3) is 33.9 Å². The molecule has 0 aliphatic rings. The lowest BCUT2D eigenvalue weighted by atomic mass is 10.0. The number of rotatable bonds is 6. The summed E-state index contributed by atoms with van der Waals surface area (Å²) < 4.78 is 0. The minimum absolute atomic E-state index is 0.491. The summed E-state index contributed by atoms with van der Waals surface area (Å²) in [5.74, 6) is 1.17. The van der Waals surface area contributed by atoms with Crippen LogP contribution >= 0.6 is 0 Å². The van der Waals surface area contributed by atoms with Gasteiger partial charge in [0.05, 0.1) is 0 Å². The van der Waals surface area contributed by atoms with Gasteiger partial charge in [-0.15, -0.1) is 10.2 Å². The lowest BCUT2D eigenvalue weighted by Crippen LogP contribution is -2.07. The van der Waals surface area contributed by atoms with Gasteiger partial charge in [-0.2, -0.15) is 0 Å². The van der Waals surface area contributed by atoms with E-state index in [1.807, 2.05) is 54.6 Å². The Kier molecular flexibility index (Phi) is 5.62. The van der Waals surface area contributed by atoms with Crippen LogP contribution < -0.4 is 5.32 Å². The number of anilines is 1. The van der Waals surface area contributed by atoms with Crippen LogP contribution in [0.1, 0.15) is 5.56 Å². The van der Waals surface area contributed by atoms with Crippen LogP contribution in [0.3, 0.4) is 0 Å². The number of aromatic nitrogens is 4. The highest BCUT2D eigenvalue weighted by atomic mass is 15.2. The fourth-order valence-corrected chi connectivity index (χ4v) is 3.52. The normalized spacial score (nSPS) is 10.6. The quantitative estimate of drug-likeness (QED) is 0.375. The van der Waals surface area contributed by atoms with E-state index in [-0.39, 0.29) is 0 Å². The Balaban J connectivity index is 1.47. The zero-order valence-corrected chi connectivity index (χ0v) is 17.4. The van der Waals surface area contributed by atoms with Gasteiger partial charge in [-0.05, 0) is 34.9 Å². The average molecular weight is 416 g/mol. The molecular weight excluding hydrogens is 394 g/mol. The zero-order valence-electron chi connectivity index (χ0n) is 17.4. The fraction of sp³-hybridized carbons (Fsp3) is 0.0370. The third kappa shape index (κ3) is 4.37. The standard InChI is InChI=1S/C27H21N5/c1-3-11-21(12-4-1)23-15-9-10-20(18-23)19-29-27-25(22-13-5-2-6-14-22)31-32-26(30-27)24-16-7-8-17-28-24/h1-18H,19H2,(H,29,30,32). The molecule has 5 nitrogen and oxygen atoms in total. The molecule has 5 heteroatoms. The maximum Gasteiger partial charge on any atom is 0.202 e. The summed E-state index contributed by atoms with van der Waals surface area (Å²) in [5.41, 5.74) is 5.89. The topological polar surface area (TPSA) is 63.6 Å². The molecular formula is C27H21N5. The highest BCUT2D eigenvalue weighted by Crippen LogP contribution is 2.26. The molecule has 0 spiro atoms. The van der Waals surface area contributed by atoms with Crippen molar-refractivity contribution in [1.82, 2.24) is 20.2 Å². The zero-order chi connectivity index (χ0) is 21.6. The summed E-state index contributed by atoms with van der Waals surface area (Å²) >= 11 is 0. The molecule has 0 radical (unpaired) electrons. The van der Waals surface area contributed by atoms with Gasteiger partial charge in [-0.25, -0.2) is 4.98 Å². The van der Waals surface area contributed by atoms with Crippen molar-refractivity contribution in [3.63, 3.8) is 0 Å². The first-order valence-corrected chi connectivity index (χ1v) is 10.5. The second-order valence-electron chi connectivity index (χ2n) is 7.33. The summed E-state index contributed by atoms with van der Waals surface area (Å²) in [6.07, 6.45) is 1.73. The molecule has 0 bridgehead atoms. The van der Waals surface area contributed by atoms with E-state index < -0.39 is 0 Å². The molecule has 0 aliphatic carbocycles. The number of hydrogen-bond donors (Lipinski definition) is 1. The van der Waals surface area contributed by atoms with Gasteiger partial charge >= 0.3 is 0 Å². The Morgan fingerprint density at radius 3 is 2.09 bits per heavy atom. The summed E-state index contributed by atoms with van der Waals surface area (Å²) in [4.78, 5) is 9.13. The van der Waals surface area contributed by atoms with Gasteiger partial charge < -0.3 is 5.32 Å². The van der Waals surface area contributed by atoms with Crippen molar-refractivity contribution in [3.05, 3.63) is 115 Å². The molecule has 0 saturated carbocycles. The van der Waals surface area contributed by atoms with Crippen molar-refractivity contribution in [1.29, 1.82) is 0 Å². The molecule has 0 saturated heterocycles. The van der Waals surface area contributed by atoms with E-state index in [1.54, 1.807) is 6.20 Å². The number of benzene rings is 3. The molecule has 2 aromatic heterocycles. The van der Waals surface area contributed by atoms with E-state index in [0.29, 0.717) is 29.6 Å². The predicted octanol–water partition coefficient (Wildman–Crippen LogP) is 5.88. The molecule has 0 unspecified atom stereocenters. The second-order valence-corrected chi connectivity index (χ2v) is 7.33. The highest BCUT2D eigenvalue weighted by Gasteiger charge is 2.13. The van der Waals surface area contributed by atoms with Crippen LogP contribution in [0, 0.1) is 0 Å². The van der Waals surface area contributed by atoms with Gasteiger partial charge in [-0.1, -0.05) is 84.9 Å². The van der Waals surface area contributed by atoms with Crippen LogP contribution in [0.5, 0.6) is 0 Å². The van der Waals surface area contributed by atoms with Crippen molar-refractivity contribution in [2.45, 2.75) is 6.54 Å². The van der Waals surface area contributed by atoms with Crippen molar-refractivity contribution in [2.75, 3.05) is 5.32 Å². The average Bonchev–Trinajstić information content (AvgIpc) is 2.89. The molecule has 154 valence electrons. The van der Waals surface area contributed by atoms with E-state index in [2.05, 4.69) is 69.0 Å². The monoisotopic (exact) mass is 415 g/mol. The van der Waals surface area contributed by atoms with E-state index in [4.69, 9.17) is 4.98 Å². The van der Waals surface area contributed by atoms with Crippen LogP contribution in [0.15, 0.2) is 109 Å². The van der Waals surface area contributed by atoms with Crippen molar-refractivity contribution in [3.8, 4) is 33.9 Å². The predicted molar refractivity (Wildman–Crippen MR) is 128 cm³/mol. The molecule has 32 heavy (non-hydrogen) atoms. The highest BCUT2D eigenvalue weighted by molar-refractivity contribution is 5.72. The fourth-order valence-electron chi connectivity index (χ4n) is 3.52. The first kappa shape index (κ1) is 19.6. The van der Waals surface area contributed by atoms with Crippen molar-refractivity contribution < 1.29 is 0 Å². The lowest BCUT2D eigenvalue weighted by Gasteiger charge is -2.12. The molecule has 5 aromatic rings. The van der Waals surface area contributed by atoms with Gasteiger partial charge in [0.15, 0.2) is 5.82 Å². The molecule has 0 aliphatic heterocycles. The smallest absolute Gasteiger partial charge is 0.202 e. The number of pyridine rings is 1. The molecule has 3 aromatic carbocycles. The Bertz CT molecular complexity index is 1310. The van der Waals surface area contributed by atoms with Gasteiger partial charge in [0.1, 0.15) is 11.4 Å². The van der Waals surface area contributed by atoms with Gasteiger partial charge in [0, 0.05) is 18.3 Å². The van der Waals surface area contributed by atoms with Gasteiger partial charge in [0.2, 0.25) is 5.82 Å². The van der Waals surface area contributed by atoms with Crippen molar-refractivity contribution >= 4 is 5.82 Å². The Hall–Kier alpha value is -4.38.